The van der Waals surface area contributed by atoms with Gasteiger partial charge in [-0.05, 0) is 43.2 Å². The molecule has 1 heterocycles. The van der Waals surface area contributed by atoms with E-state index in [1.807, 2.05) is 4.90 Å². The second kappa shape index (κ2) is 8.59. The third-order valence-corrected chi connectivity index (χ3v) is 4.65. The van der Waals surface area contributed by atoms with E-state index in [1.165, 1.54) is 20.1 Å². The van der Waals surface area contributed by atoms with Crippen molar-refractivity contribution in [3.05, 3.63) is 52.1 Å². The van der Waals surface area contributed by atoms with Gasteiger partial charge < -0.3 is 20.3 Å². The molecule has 0 aromatic heterocycles. The Kier molecular flexibility index (Phi) is 5.96. The van der Waals surface area contributed by atoms with Gasteiger partial charge in [0.1, 0.15) is 11.4 Å². The quantitative estimate of drug-likeness (QED) is 0.569. The zero-order valence-electron chi connectivity index (χ0n) is 16.2. The van der Waals surface area contributed by atoms with Gasteiger partial charge in [-0.15, -0.1) is 0 Å². The Bertz CT molecular complexity index is 954. The number of rotatable bonds is 6. The van der Waals surface area contributed by atoms with Crippen LogP contribution in [0.4, 0.5) is 22.7 Å². The van der Waals surface area contributed by atoms with Crippen molar-refractivity contribution < 1.29 is 19.2 Å². The second-order valence-corrected chi connectivity index (χ2v) is 6.71. The lowest BCUT2D eigenvalue weighted by Crippen LogP contribution is -2.20. The first-order valence-electron chi connectivity index (χ1n) is 9.19. The molecule has 2 aromatic carbocycles. The smallest absolute Gasteiger partial charge is 0.293 e. The summed E-state index contributed by atoms with van der Waals surface area (Å²) in [4.78, 5) is 37.0. The molecular formula is C20H22N4O5. The van der Waals surface area contributed by atoms with Crippen molar-refractivity contribution in [1.29, 1.82) is 0 Å². The first-order valence-corrected chi connectivity index (χ1v) is 9.19. The summed E-state index contributed by atoms with van der Waals surface area (Å²) in [6, 6.07) is 9.28. The molecule has 1 aliphatic rings. The average Bonchev–Trinajstić information content (AvgIpc) is 3.22. The van der Waals surface area contributed by atoms with Crippen LogP contribution in [0.5, 0.6) is 5.75 Å². The van der Waals surface area contributed by atoms with Crippen LogP contribution in [0.25, 0.3) is 0 Å². The van der Waals surface area contributed by atoms with Gasteiger partial charge in [0, 0.05) is 37.3 Å². The fourth-order valence-corrected chi connectivity index (χ4v) is 3.31. The first kappa shape index (κ1) is 20.1. The molecule has 0 bridgehead atoms. The summed E-state index contributed by atoms with van der Waals surface area (Å²) in [7, 11) is 1.47. The maximum Gasteiger partial charge on any atom is 0.293 e. The molecule has 0 spiro atoms. The fourth-order valence-electron chi connectivity index (χ4n) is 3.31. The van der Waals surface area contributed by atoms with Crippen molar-refractivity contribution in [2.75, 3.05) is 35.7 Å². The predicted octanol–water partition coefficient (Wildman–Crippen LogP) is 3.41. The molecule has 0 atom stereocenters. The van der Waals surface area contributed by atoms with Crippen molar-refractivity contribution in [1.82, 2.24) is 0 Å². The van der Waals surface area contributed by atoms with Crippen LogP contribution >= 0.6 is 0 Å². The second-order valence-electron chi connectivity index (χ2n) is 6.71. The van der Waals surface area contributed by atoms with Crippen LogP contribution in [0.2, 0.25) is 0 Å². The van der Waals surface area contributed by atoms with E-state index in [2.05, 4.69) is 10.6 Å². The van der Waals surface area contributed by atoms with Gasteiger partial charge in [-0.25, -0.2) is 0 Å². The van der Waals surface area contributed by atoms with Gasteiger partial charge in [0.05, 0.1) is 17.7 Å². The molecule has 2 N–H and O–H groups in total. The Labute approximate surface area is 167 Å². The highest BCUT2D eigenvalue weighted by Gasteiger charge is 2.24. The van der Waals surface area contributed by atoms with Crippen LogP contribution in [0.1, 0.15) is 30.1 Å². The number of benzene rings is 2. The van der Waals surface area contributed by atoms with Crippen LogP contribution in [0.15, 0.2) is 36.4 Å². The number of nitro benzene ring substituents is 1. The summed E-state index contributed by atoms with van der Waals surface area (Å²) in [6.45, 7) is 2.90. The van der Waals surface area contributed by atoms with E-state index < -0.39 is 10.8 Å². The van der Waals surface area contributed by atoms with Crippen molar-refractivity contribution >= 4 is 34.6 Å². The van der Waals surface area contributed by atoms with E-state index in [1.54, 1.807) is 30.3 Å². The minimum absolute atomic E-state index is 0.0896. The van der Waals surface area contributed by atoms with Gasteiger partial charge in [-0.1, -0.05) is 0 Å². The molecular weight excluding hydrogens is 376 g/mol. The van der Waals surface area contributed by atoms with Gasteiger partial charge >= 0.3 is 0 Å². The summed E-state index contributed by atoms with van der Waals surface area (Å²) in [5.41, 5.74) is 1.45. The van der Waals surface area contributed by atoms with Crippen LogP contribution in [-0.2, 0) is 4.79 Å². The van der Waals surface area contributed by atoms with E-state index in [0.29, 0.717) is 22.8 Å². The monoisotopic (exact) mass is 398 g/mol. The van der Waals surface area contributed by atoms with E-state index in [4.69, 9.17) is 4.74 Å². The molecule has 0 unspecified atom stereocenters. The third kappa shape index (κ3) is 4.63. The molecule has 9 nitrogen and oxygen atoms in total. The number of anilines is 3. The molecule has 1 saturated heterocycles. The minimum atomic E-state index is -0.486. The minimum Gasteiger partial charge on any atom is -0.495 e. The average molecular weight is 398 g/mol. The van der Waals surface area contributed by atoms with Crippen molar-refractivity contribution in [2.45, 2.75) is 19.8 Å². The SMILES string of the molecule is COc1ccc(NC(=O)c2ccc(N3CCCC3)c([N+](=O)[O-])c2)cc1NC(C)=O. The molecule has 1 aliphatic heterocycles. The van der Waals surface area contributed by atoms with Crippen molar-refractivity contribution in [3.63, 3.8) is 0 Å². The Morgan fingerprint density at radius 2 is 1.83 bits per heavy atom. The zero-order valence-corrected chi connectivity index (χ0v) is 16.2. The predicted molar refractivity (Wildman–Crippen MR) is 110 cm³/mol. The number of nitro groups is 1. The number of carbonyl (C=O) groups is 2. The third-order valence-electron chi connectivity index (χ3n) is 4.65. The number of carbonyl (C=O) groups excluding carboxylic acids is 2. The maximum atomic E-state index is 12.6. The lowest BCUT2D eigenvalue weighted by molar-refractivity contribution is -0.384. The molecule has 2 aromatic rings. The number of amides is 2. The number of hydrogen-bond acceptors (Lipinski definition) is 6. The molecule has 29 heavy (non-hydrogen) atoms. The van der Waals surface area contributed by atoms with Gasteiger partial charge in [0.2, 0.25) is 5.91 Å². The highest BCUT2D eigenvalue weighted by molar-refractivity contribution is 6.05. The highest BCUT2D eigenvalue weighted by Crippen LogP contribution is 2.32. The summed E-state index contributed by atoms with van der Waals surface area (Å²) in [6.07, 6.45) is 1.99. The summed E-state index contributed by atoms with van der Waals surface area (Å²) >= 11 is 0. The van der Waals surface area contributed by atoms with Crippen LogP contribution in [-0.4, -0.2) is 36.9 Å². The Hall–Kier alpha value is -3.62. The number of nitrogens with one attached hydrogen (secondary N) is 2. The number of methoxy groups -OCH3 is 1. The normalized spacial score (nSPS) is 13.1. The maximum absolute atomic E-state index is 12.6. The topological polar surface area (TPSA) is 114 Å². The summed E-state index contributed by atoms with van der Waals surface area (Å²) < 4.78 is 5.19. The number of ether oxygens (including phenoxy) is 1. The molecule has 9 heteroatoms. The van der Waals surface area contributed by atoms with E-state index in [0.717, 1.165) is 25.9 Å². The van der Waals surface area contributed by atoms with Gasteiger partial charge in [0.25, 0.3) is 11.6 Å². The van der Waals surface area contributed by atoms with Crippen molar-refractivity contribution in [2.24, 2.45) is 0 Å². The Balaban J connectivity index is 1.84. The van der Waals surface area contributed by atoms with Crippen LogP contribution in [0, 0.1) is 10.1 Å². The van der Waals surface area contributed by atoms with E-state index in [9.17, 15) is 19.7 Å². The van der Waals surface area contributed by atoms with Gasteiger partial charge in [-0.2, -0.15) is 0 Å². The zero-order chi connectivity index (χ0) is 21.0. The largest absolute Gasteiger partial charge is 0.495 e. The van der Waals surface area contributed by atoms with Gasteiger partial charge in [0.15, 0.2) is 0 Å². The molecule has 2 amide bonds. The van der Waals surface area contributed by atoms with Crippen LogP contribution < -0.4 is 20.3 Å². The Morgan fingerprint density at radius 1 is 1.10 bits per heavy atom. The van der Waals surface area contributed by atoms with E-state index >= 15 is 0 Å². The highest BCUT2D eigenvalue weighted by atomic mass is 16.6. The lowest BCUT2D eigenvalue weighted by atomic mass is 10.1. The van der Waals surface area contributed by atoms with E-state index in [-0.39, 0.29) is 17.2 Å². The Morgan fingerprint density at radius 3 is 2.45 bits per heavy atom. The fraction of sp³-hybridized carbons (Fsp3) is 0.300. The first-order chi connectivity index (χ1) is 13.9. The van der Waals surface area contributed by atoms with Crippen molar-refractivity contribution in [3.8, 4) is 5.75 Å². The standard InChI is InChI=1S/C20H22N4O5/c1-13(25)21-16-12-15(6-8-19(16)29-2)22-20(26)14-5-7-17(18(11-14)24(27)28)23-9-3-4-10-23/h5-8,11-12H,3-4,9-10H2,1-2H3,(H,21,25)(H,22,26). The molecule has 0 saturated carbocycles. The van der Waals surface area contributed by atoms with Crippen LogP contribution in [0.3, 0.4) is 0 Å². The summed E-state index contributed by atoms with van der Waals surface area (Å²) in [5.74, 6) is -0.316. The lowest BCUT2D eigenvalue weighted by Gasteiger charge is -2.18. The summed E-state index contributed by atoms with van der Waals surface area (Å²) in [5, 5.41) is 16.8. The number of nitrogens with zero attached hydrogens (tertiary/aromatic N) is 2. The molecule has 3 rings (SSSR count). The molecule has 1 fully saturated rings. The molecule has 0 aliphatic carbocycles. The molecule has 152 valence electrons. The van der Waals surface area contributed by atoms with Gasteiger partial charge in [-0.3, -0.25) is 19.7 Å². The molecule has 0 radical (unpaired) electrons. The number of hydrogen-bond donors (Lipinski definition) is 2.